The number of aromatic amines is 1. The number of carbonyl (C=O) groups excluding carboxylic acids is 1. The maximum atomic E-state index is 12.4. The van der Waals surface area contributed by atoms with Crippen LogP contribution in [-0.2, 0) is 11.2 Å². The van der Waals surface area contributed by atoms with Crippen molar-refractivity contribution in [2.45, 2.75) is 66.0 Å². The minimum absolute atomic E-state index is 0.00569. The predicted molar refractivity (Wildman–Crippen MR) is 82.2 cm³/mol. The van der Waals surface area contributed by atoms with Crippen molar-refractivity contribution >= 4 is 6.09 Å². The van der Waals surface area contributed by atoms with Gasteiger partial charge in [0.25, 0.3) is 0 Å². The summed E-state index contributed by atoms with van der Waals surface area (Å²) in [4.78, 5) is 22.2. The maximum Gasteiger partial charge on any atom is 0.410 e. The first-order chi connectivity index (χ1) is 9.71. The van der Waals surface area contributed by atoms with Crippen LogP contribution in [0, 0.1) is 12.8 Å². The summed E-state index contributed by atoms with van der Waals surface area (Å²) in [6.45, 7) is 12.7. The number of rotatable bonds is 2. The van der Waals surface area contributed by atoms with Crippen LogP contribution in [0.15, 0.2) is 0 Å². The molecule has 2 unspecified atom stereocenters. The van der Waals surface area contributed by atoms with E-state index >= 15 is 0 Å². The lowest BCUT2D eigenvalue weighted by Gasteiger charge is -2.27. The average Bonchev–Trinajstić information content (AvgIpc) is 2.90. The molecule has 5 heteroatoms. The van der Waals surface area contributed by atoms with Crippen LogP contribution in [0.5, 0.6) is 0 Å². The van der Waals surface area contributed by atoms with Gasteiger partial charge in [-0.25, -0.2) is 9.78 Å². The van der Waals surface area contributed by atoms with Gasteiger partial charge in [0.2, 0.25) is 0 Å². The molecule has 1 aliphatic rings. The van der Waals surface area contributed by atoms with Crippen LogP contribution in [-0.4, -0.2) is 33.1 Å². The standard InChI is InChI=1S/C16H27N3O2/c1-7-12-11(3)17-14(18-12)13-8-10(2)9-19(13)15(20)21-16(4,5)6/h10,13H,7-9H2,1-6H3,(H,17,18). The van der Waals surface area contributed by atoms with Crippen molar-refractivity contribution in [3.05, 3.63) is 17.2 Å². The van der Waals surface area contributed by atoms with Gasteiger partial charge < -0.3 is 9.72 Å². The van der Waals surface area contributed by atoms with E-state index in [1.54, 1.807) is 0 Å². The van der Waals surface area contributed by atoms with Gasteiger partial charge in [-0.15, -0.1) is 0 Å². The van der Waals surface area contributed by atoms with Crippen LogP contribution in [0.4, 0.5) is 4.79 Å². The molecule has 1 N–H and O–H groups in total. The van der Waals surface area contributed by atoms with E-state index in [-0.39, 0.29) is 12.1 Å². The molecule has 0 bridgehead atoms. The third-order valence-electron chi connectivity index (χ3n) is 3.79. The second-order valence-electron chi connectivity index (χ2n) is 7.04. The van der Waals surface area contributed by atoms with Crippen molar-refractivity contribution in [3.8, 4) is 0 Å². The highest BCUT2D eigenvalue weighted by atomic mass is 16.6. The fourth-order valence-electron chi connectivity index (χ4n) is 2.85. The molecule has 1 aromatic heterocycles. The monoisotopic (exact) mass is 293 g/mol. The molecule has 0 aromatic carbocycles. The summed E-state index contributed by atoms with van der Waals surface area (Å²) >= 11 is 0. The number of aromatic nitrogens is 2. The van der Waals surface area contributed by atoms with Crippen molar-refractivity contribution in [2.24, 2.45) is 5.92 Å². The number of carbonyl (C=O) groups is 1. The molecule has 0 radical (unpaired) electrons. The Balaban J connectivity index is 2.21. The lowest BCUT2D eigenvalue weighted by molar-refractivity contribution is 0.0214. The topological polar surface area (TPSA) is 58.2 Å². The summed E-state index contributed by atoms with van der Waals surface area (Å²) < 4.78 is 5.53. The van der Waals surface area contributed by atoms with Crippen molar-refractivity contribution in [2.75, 3.05) is 6.54 Å². The lowest BCUT2D eigenvalue weighted by Crippen LogP contribution is -2.37. The molecule has 0 aliphatic carbocycles. The highest BCUT2D eigenvalue weighted by Crippen LogP contribution is 2.35. The number of aryl methyl sites for hydroxylation is 2. The Morgan fingerprint density at radius 3 is 2.67 bits per heavy atom. The van der Waals surface area contributed by atoms with E-state index in [1.807, 2.05) is 32.6 Å². The van der Waals surface area contributed by atoms with Crippen LogP contribution in [0.2, 0.25) is 0 Å². The molecule has 0 spiro atoms. The Morgan fingerprint density at radius 1 is 1.48 bits per heavy atom. The smallest absolute Gasteiger partial charge is 0.410 e. The third kappa shape index (κ3) is 3.57. The van der Waals surface area contributed by atoms with E-state index < -0.39 is 5.60 Å². The van der Waals surface area contributed by atoms with Gasteiger partial charge in [-0.05, 0) is 46.5 Å². The Hall–Kier alpha value is -1.52. The van der Waals surface area contributed by atoms with Crippen molar-refractivity contribution in [1.29, 1.82) is 0 Å². The Kier molecular flexibility index (Phi) is 4.30. The van der Waals surface area contributed by atoms with Gasteiger partial charge in [-0.2, -0.15) is 0 Å². The molecule has 1 aromatic rings. The summed E-state index contributed by atoms with van der Waals surface area (Å²) in [5, 5.41) is 0. The summed E-state index contributed by atoms with van der Waals surface area (Å²) in [5.74, 6) is 1.34. The Labute approximate surface area is 127 Å². The zero-order valence-electron chi connectivity index (χ0n) is 14.0. The van der Waals surface area contributed by atoms with Gasteiger partial charge in [0.05, 0.1) is 11.7 Å². The van der Waals surface area contributed by atoms with Crippen molar-refractivity contribution in [1.82, 2.24) is 14.9 Å². The SMILES string of the molecule is CCc1nc(C2CC(C)CN2C(=O)OC(C)(C)C)[nH]c1C. The number of ether oxygens (including phenoxy) is 1. The normalized spacial score (nSPS) is 22.7. The average molecular weight is 293 g/mol. The van der Waals surface area contributed by atoms with Crippen LogP contribution >= 0.6 is 0 Å². The second-order valence-corrected chi connectivity index (χ2v) is 7.04. The number of nitrogens with one attached hydrogen (secondary N) is 1. The fraction of sp³-hybridized carbons (Fsp3) is 0.750. The maximum absolute atomic E-state index is 12.4. The molecule has 5 nitrogen and oxygen atoms in total. The van der Waals surface area contributed by atoms with E-state index in [0.29, 0.717) is 5.92 Å². The molecule has 21 heavy (non-hydrogen) atoms. The molecule has 118 valence electrons. The van der Waals surface area contributed by atoms with Gasteiger partial charge in [0, 0.05) is 12.2 Å². The van der Waals surface area contributed by atoms with E-state index in [9.17, 15) is 4.79 Å². The van der Waals surface area contributed by atoms with Crippen LogP contribution in [0.3, 0.4) is 0 Å². The zero-order chi connectivity index (χ0) is 15.8. The van der Waals surface area contributed by atoms with E-state index in [1.165, 1.54) is 0 Å². The van der Waals surface area contributed by atoms with Gasteiger partial charge in [-0.1, -0.05) is 13.8 Å². The van der Waals surface area contributed by atoms with Gasteiger partial charge in [-0.3, -0.25) is 4.90 Å². The molecular weight excluding hydrogens is 266 g/mol. The number of imidazole rings is 1. The first kappa shape index (κ1) is 15.9. The molecule has 2 heterocycles. The van der Waals surface area contributed by atoms with E-state index in [2.05, 4.69) is 23.8 Å². The minimum Gasteiger partial charge on any atom is -0.444 e. The first-order valence-corrected chi connectivity index (χ1v) is 7.76. The quantitative estimate of drug-likeness (QED) is 0.906. The lowest BCUT2D eigenvalue weighted by atomic mass is 10.1. The number of amides is 1. The summed E-state index contributed by atoms with van der Waals surface area (Å²) in [5.41, 5.74) is 1.70. The molecule has 2 rings (SSSR count). The second kappa shape index (κ2) is 5.70. The molecule has 0 saturated carbocycles. The van der Waals surface area contributed by atoms with Gasteiger partial charge in [0.15, 0.2) is 0 Å². The van der Waals surface area contributed by atoms with Gasteiger partial charge >= 0.3 is 6.09 Å². The van der Waals surface area contributed by atoms with Gasteiger partial charge in [0.1, 0.15) is 11.4 Å². The van der Waals surface area contributed by atoms with Crippen LogP contribution < -0.4 is 0 Å². The van der Waals surface area contributed by atoms with Crippen molar-refractivity contribution < 1.29 is 9.53 Å². The fourth-order valence-corrected chi connectivity index (χ4v) is 2.85. The number of H-pyrrole nitrogens is 1. The number of nitrogens with zero attached hydrogens (tertiary/aromatic N) is 2. The Morgan fingerprint density at radius 2 is 2.14 bits per heavy atom. The Bertz CT molecular complexity index is 516. The minimum atomic E-state index is -0.471. The van der Waals surface area contributed by atoms with Crippen LogP contribution in [0.1, 0.15) is 64.3 Å². The molecular formula is C16H27N3O2. The summed E-state index contributed by atoms with van der Waals surface area (Å²) in [7, 11) is 0. The van der Waals surface area contributed by atoms with Crippen LogP contribution in [0.25, 0.3) is 0 Å². The summed E-state index contributed by atoms with van der Waals surface area (Å²) in [6, 6.07) is -0.00569. The van der Waals surface area contributed by atoms with Crippen molar-refractivity contribution in [3.63, 3.8) is 0 Å². The number of hydrogen-bond donors (Lipinski definition) is 1. The van der Waals surface area contributed by atoms with E-state index in [0.717, 1.165) is 36.6 Å². The molecule has 1 aliphatic heterocycles. The molecule has 1 fully saturated rings. The largest absolute Gasteiger partial charge is 0.444 e. The number of likely N-dealkylation sites (tertiary alicyclic amines) is 1. The zero-order valence-corrected chi connectivity index (χ0v) is 14.0. The molecule has 2 atom stereocenters. The summed E-state index contributed by atoms with van der Waals surface area (Å²) in [6.07, 6.45) is 1.58. The first-order valence-electron chi connectivity index (χ1n) is 7.76. The molecule has 1 saturated heterocycles. The highest BCUT2D eigenvalue weighted by Gasteiger charge is 2.38. The predicted octanol–water partition coefficient (Wildman–Crippen LogP) is 3.60. The van der Waals surface area contributed by atoms with E-state index in [4.69, 9.17) is 4.74 Å². The highest BCUT2D eigenvalue weighted by molar-refractivity contribution is 5.69. The molecule has 1 amide bonds. The number of hydrogen-bond acceptors (Lipinski definition) is 3. The third-order valence-corrected chi connectivity index (χ3v) is 3.79.